The van der Waals surface area contributed by atoms with E-state index in [4.69, 9.17) is 10.8 Å². The van der Waals surface area contributed by atoms with Crippen molar-refractivity contribution in [2.75, 3.05) is 11.5 Å². The first-order valence-electron chi connectivity index (χ1n) is 7.84. The lowest BCUT2D eigenvalue weighted by atomic mass is 10.1. The van der Waals surface area contributed by atoms with E-state index in [-0.39, 0.29) is 0 Å². The van der Waals surface area contributed by atoms with Crippen LogP contribution in [0.3, 0.4) is 0 Å². The van der Waals surface area contributed by atoms with Crippen molar-refractivity contribution < 1.29 is 0 Å². The molecular weight excluding hydrogens is 318 g/mol. The highest BCUT2D eigenvalue weighted by molar-refractivity contribution is 7.99. The van der Waals surface area contributed by atoms with Crippen LogP contribution in [0.4, 0.5) is 5.69 Å². The number of aryl methyl sites for hydroxylation is 2. The highest BCUT2D eigenvalue weighted by atomic mass is 32.2. The fourth-order valence-corrected chi connectivity index (χ4v) is 3.50. The monoisotopic (exact) mass is 335 g/mol. The molecule has 0 atom stereocenters. The molecule has 0 radical (unpaired) electrons. The predicted molar refractivity (Wildman–Crippen MR) is 97.4 cm³/mol. The van der Waals surface area contributed by atoms with Crippen LogP contribution in [0.1, 0.15) is 17.0 Å². The van der Waals surface area contributed by atoms with Crippen molar-refractivity contribution in [2.24, 2.45) is 5.10 Å². The van der Waals surface area contributed by atoms with Gasteiger partial charge < -0.3 is 5.73 Å². The average Bonchev–Trinajstić information content (AvgIpc) is 3.04. The zero-order valence-corrected chi connectivity index (χ0v) is 13.9. The molecule has 120 valence electrons. The van der Waals surface area contributed by atoms with Crippen LogP contribution in [0.15, 0.2) is 64.9 Å². The molecule has 6 heteroatoms. The summed E-state index contributed by atoms with van der Waals surface area (Å²) in [4.78, 5) is 0. The number of hydrogen-bond acceptors (Lipinski definition) is 5. The number of nitrogen functional groups attached to an aromatic ring is 1. The first-order valence-corrected chi connectivity index (χ1v) is 8.83. The maximum Gasteiger partial charge on any atom is 0.212 e. The zero-order valence-electron chi connectivity index (χ0n) is 13.1. The molecule has 3 aromatic rings. The van der Waals surface area contributed by atoms with Crippen molar-refractivity contribution in [1.82, 2.24) is 14.9 Å². The molecule has 1 aliphatic rings. The van der Waals surface area contributed by atoms with Crippen molar-refractivity contribution in [2.45, 2.75) is 18.0 Å². The fourth-order valence-electron chi connectivity index (χ4n) is 2.64. The molecule has 2 aromatic carbocycles. The first-order chi connectivity index (χ1) is 11.8. The van der Waals surface area contributed by atoms with Crippen LogP contribution in [0.5, 0.6) is 0 Å². The number of rotatable bonds is 4. The summed E-state index contributed by atoms with van der Waals surface area (Å²) < 4.78 is 1.88. The van der Waals surface area contributed by atoms with Crippen molar-refractivity contribution >= 4 is 23.2 Å². The number of hydrogen-bond donors (Lipinski definition) is 1. The minimum absolute atomic E-state index is 0.761. The van der Waals surface area contributed by atoms with Crippen LogP contribution in [-0.4, -0.2) is 26.3 Å². The van der Waals surface area contributed by atoms with Gasteiger partial charge in [-0.05, 0) is 29.7 Å². The summed E-state index contributed by atoms with van der Waals surface area (Å²) in [6, 6.07) is 18.2. The van der Waals surface area contributed by atoms with Gasteiger partial charge in [-0.2, -0.15) is 9.78 Å². The topological polar surface area (TPSA) is 69.1 Å². The van der Waals surface area contributed by atoms with Crippen LogP contribution >= 0.6 is 11.8 Å². The van der Waals surface area contributed by atoms with Crippen LogP contribution < -0.4 is 5.73 Å². The third-order valence-corrected chi connectivity index (χ3v) is 4.89. The molecule has 0 aliphatic carbocycles. The van der Waals surface area contributed by atoms with Gasteiger partial charge in [0.25, 0.3) is 0 Å². The molecule has 0 spiro atoms. The molecular formula is C18H17N5S. The Hall–Kier alpha value is -2.60. The lowest BCUT2D eigenvalue weighted by Gasteiger charge is -2.14. The molecule has 5 nitrogen and oxygen atoms in total. The summed E-state index contributed by atoms with van der Waals surface area (Å²) in [6.07, 6.45) is 1.74. The van der Waals surface area contributed by atoms with Gasteiger partial charge in [0.1, 0.15) is 0 Å². The summed E-state index contributed by atoms with van der Waals surface area (Å²) in [5.41, 5.74) is 9.93. The van der Waals surface area contributed by atoms with Gasteiger partial charge in [0.05, 0.1) is 5.71 Å². The van der Waals surface area contributed by atoms with Crippen LogP contribution in [-0.2, 0) is 12.8 Å². The van der Waals surface area contributed by atoms with Gasteiger partial charge in [-0.3, -0.25) is 0 Å². The van der Waals surface area contributed by atoms with Crippen molar-refractivity contribution in [3.63, 3.8) is 0 Å². The highest BCUT2D eigenvalue weighted by Crippen LogP contribution is 2.24. The molecule has 2 heterocycles. The van der Waals surface area contributed by atoms with Gasteiger partial charge >= 0.3 is 0 Å². The summed E-state index contributed by atoms with van der Waals surface area (Å²) in [7, 11) is 0. The maximum atomic E-state index is 5.76. The quantitative estimate of drug-likeness (QED) is 0.744. The van der Waals surface area contributed by atoms with Crippen LogP contribution in [0.2, 0.25) is 0 Å². The molecule has 0 saturated carbocycles. The van der Waals surface area contributed by atoms with E-state index in [1.54, 1.807) is 11.8 Å². The number of aromatic nitrogens is 3. The smallest absolute Gasteiger partial charge is 0.212 e. The minimum atomic E-state index is 0.761. The Morgan fingerprint density at radius 3 is 2.54 bits per heavy atom. The van der Waals surface area contributed by atoms with Gasteiger partial charge in [0.15, 0.2) is 5.82 Å². The average molecular weight is 335 g/mol. The summed E-state index contributed by atoms with van der Waals surface area (Å²) in [5.74, 6) is 1.69. The van der Waals surface area contributed by atoms with E-state index >= 15 is 0 Å². The lowest BCUT2D eigenvalue weighted by molar-refractivity contribution is 0.699. The van der Waals surface area contributed by atoms with Gasteiger partial charge in [-0.15, -0.1) is 10.2 Å². The molecule has 0 amide bonds. The standard InChI is InChI=1S/C18H17N5S/c19-15-9-7-14(8-10-15)16-12-24-18-21-20-17(23(18)22-16)11-6-13-4-2-1-3-5-13/h1-5,7-10H,6,11-12,19H2. The zero-order chi connectivity index (χ0) is 16.4. The number of thioether (sulfide) groups is 1. The van der Waals surface area contributed by atoms with E-state index in [2.05, 4.69) is 34.5 Å². The Kier molecular flexibility index (Phi) is 4.04. The normalized spacial score (nSPS) is 13.4. The number of anilines is 1. The summed E-state index contributed by atoms with van der Waals surface area (Å²) in [5, 5.41) is 14.2. The van der Waals surface area contributed by atoms with Gasteiger partial charge in [-0.1, -0.05) is 54.2 Å². The molecule has 0 fully saturated rings. The minimum Gasteiger partial charge on any atom is -0.399 e. The SMILES string of the molecule is Nc1ccc(C2=Nn3c(CCc4ccccc4)nnc3SC2)cc1. The molecule has 4 rings (SSSR count). The Bertz CT molecular complexity index is 868. The molecule has 0 bridgehead atoms. The highest BCUT2D eigenvalue weighted by Gasteiger charge is 2.19. The first kappa shape index (κ1) is 15.0. The third kappa shape index (κ3) is 3.05. The fraction of sp³-hybridized carbons (Fsp3) is 0.167. The maximum absolute atomic E-state index is 5.76. The largest absolute Gasteiger partial charge is 0.399 e. The molecule has 1 aromatic heterocycles. The van der Waals surface area contributed by atoms with E-state index in [1.807, 2.05) is 35.0 Å². The second-order valence-corrected chi connectivity index (χ2v) is 6.60. The Labute approximate surface area is 144 Å². The van der Waals surface area contributed by atoms with Gasteiger partial charge in [-0.25, -0.2) is 0 Å². The van der Waals surface area contributed by atoms with E-state index in [9.17, 15) is 0 Å². The third-order valence-electron chi connectivity index (χ3n) is 3.96. The molecule has 0 unspecified atom stereocenters. The Balaban J connectivity index is 1.58. The second-order valence-electron chi connectivity index (χ2n) is 5.65. The Morgan fingerprint density at radius 2 is 1.75 bits per heavy atom. The van der Waals surface area contributed by atoms with Crippen LogP contribution in [0.25, 0.3) is 0 Å². The summed E-state index contributed by atoms with van der Waals surface area (Å²) in [6.45, 7) is 0. The van der Waals surface area contributed by atoms with E-state index in [0.29, 0.717) is 0 Å². The Morgan fingerprint density at radius 1 is 0.958 bits per heavy atom. The number of fused-ring (bicyclic) bond motifs is 1. The number of nitrogens with two attached hydrogens (primary N) is 1. The summed E-state index contributed by atoms with van der Waals surface area (Å²) >= 11 is 1.67. The predicted octanol–water partition coefficient (Wildman–Crippen LogP) is 3.00. The molecule has 24 heavy (non-hydrogen) atoms. The number of nitrogens with zero attached hydrogens (tertiary/aromatic N) is 4. The molecule has 1 aliphatic heterocycles. The number of benzene rings is 2. The molecule has 2 N–H and O–H groups in total. The van der Waals surface area contributed by atoms with Gasteiger partial charge in [0.2, 0.25) is 5.16 Å². The van der Waals surface area contributed by atoms with Gasteiger partial charge in [0, 0.05) is 17.9 Å². The second kappa shape index (κ2) is 6.49. The van der Waals surface area contributed by atoms with Crippen LogP contribution in [0, 0.1) is 0 Å². The molecule has 0 saturated heterocycles. The van der Waals surface area contributed by atoms with E-state index < -0.39 is 0 Å². The van der Waals surface area contributed by atoms with Crippen molar-refractivity contribution in [1.29, 1.82) is 0 Å². The van der Waals surface area contributed by atoms with E-state index in [0.717, 1.165) is 46.5 Å². The van der Waals surface area contributed by atoms with E-state index in [1.165, 1.54) is 5.56 Å². The van der Waals surface area contributed by atoms with Crippen molar-refractivity contribution in [3.8, 4) is 0 Å². The lowest BCUT2D eigenvalue weighted by Crippen LogP contribution is -2.15. The van der Waals surface area contributed by atoms with Crippen molar-refractivity contribution in [3.05, 3.63) is 71.5 Å².